The monoisotopic (exact) mass is 350 g/mol. The van der Waals surface area contributed by atoms with E-state index in [0.29, 0.717) is 0 Å². The van der Waals surface area contributed by atoms with Crippen molar-refractivity contribution in [2.45, 2.75) is 19.1 Å². The Morgan fingerprint density at radius 1 is 1.27 bits per heavy atom. The third-order valence-corrected chi connectivity index (χ3v) is 5.33. The molecule has 0 amide bonds. The first-order chi connectivity index (χ1) is 10.8. The lowest BCUT2D eigenvalue weighted by atomic mass is 10.2. The molecule has 0 bridgehead atoms. The average Bonchev–Trinajstić information content (AvgIpc) is 3.08. The second-order valence-electron chi connectivity index (χ2n) is 4.66. The first-order valence-electron chi connectivity index (χ1n) is 6.99. The van der Waals surface area contributed by atoms with E-state index in [9.17, 15) is 0 Å². The van der Waals surface area contributed by atoms with Crippen molar-refractivity contribution in [3.8, 4) is 0 Å². The predicted molar refractivity (Wildman–Crippen MR) is 95.5 cm³/mol. The molecule has 0 saturated carbocycles. The summed E-state index contributed by atoms with van der Waals surface area (Å²) in [5, 5.41) is 14.6. The normalized spacial score (nSPS) is 11.7. The molecule has 7 heteroatoms. The minimum absolute atomic E-state index is 0.735. The minimum Gasteiger partial charge on any atom is -0.186 e. The van der Waals surface area contributed by atoms with Crippen molar-refractivity contribution >= 4 is 51.8 Å². The third kappa shape index (κ3) is 3.51. The highest BCUT2D eigenvalue weighted by molar-refractivity contribution is 7.98. The van der Waals surface area contributed by atoms with Crippen LogP contribution in [0.3, 0.4) is 0 Å². The number of aromatic nitrogens is 4. The molecule has 1 aromatic carbocycles. The first kappa shape index (κ1) is 15.5. The molecule has 22 heavy (non-hydrogen) atoms. The molecule has 0 aliphatic heterocycles. The molecule has 0 atom stereocenters. The fourth-order valence-corrected chi connectivity index (χ4v) is 3.66. The predicted octanol–water partition coefficient (Wildman–Crippen LogP) is 4.65. The highest BCUT2D eigenvalue weighted by Crippen LogP contribution is 2.21. The SMILES string of the molecule is CCCSCc1nnc2sc(/C=C/c3ccccc3Cl)nn12. The van der Waals surface area contributed by atoms with Crippen molar-refractivity contribution in [3.05, 3.63) is 45.7 Å². The minimum atomic E-state index is 0.735. The fraction of sp³-hybridized carbons (Fsp3) is 0.267. The summed E-state index contributed by atoms with van der Waals surface area (Å²) in [5.41, 5.74) is 0.980. The van der Waals surface area contributed by atoms with Crippen molar-refractivity contribution in [2.24, 2.45) is 0 Å². The summed E-state index contributed by atoms with van der Waals surface area (Å²) in [5.74, 6) is 2.87. The number of rotatable bonds is 6. The van der Waals surface area contributed by atoms with Gasteiger partial charge in [-0.1, -0.05) is 54.1 Å². The standard InChI is InChI=1S/C15H15ClN4S2/c1-2-9-21-10-13-17-18-15-20(13)19-14(22-15)8-7-11-5-3-4-6-12(11)16/h3-8H,2,9-10H2,1H3/b8-7+. The van der Waals surface area contributed by atoms with Gasteiger partial charge in [-0.2, -0.15) is 21.4 Å². The average molecular weight is 351 g/mol. The Hall–Kier alpha value is -1.37. The van der Waals surface area contributed by atoms with Crippen LogP contribution in [0.4, 0.5) is 0 Å². The topological polar surface area (TPSA) is 43.1 Å². The molecule has 0 unspecified atom stereocenters. The molecule has 0 N–H and O–H groups in total. The summed E-state index contributed by atoms with van der Waals surface area (Å²) in [6.45, 7) is 2.17. The molecule has 114 valence electrons. The van der Waals surface area contributed by atoms with Crippen molar-refractivity contribution in [1.29, 1.82) is 0 Å². The second kappa shape index (κ2) is 7.26. The number of hydrogen-bond donors (Lipinski definition) is 0. The van der Waals surface area contributed by atoms with Gasteiger partial charge >= 0.3 is 0 Å². The van der Waals surface area contributed by atoms with Crippen LogP contribution in [0, 0.1) is 0 Å². The molecule has 2 aromatic heterocycles. The Kier molecular flexibility index (Phi) is 5.12. The van der Waals surface area contributed by atoms with Crippen LogP contribution in [0.2, 0.25) is 5.02 Å². The van der Waals surface area contributed by atoms with Crippen molar-refractivity contribution < 1.29 is 0 Å². The summed E-state index contributed by atoms with van der Waals surface area (Å²) < 4.78 is 1.83. The van der Waals surface area contributed by atoms with Crippen LogP contribution in [-0.2, 0) is 5.75 Å². The molecular formula is C15H15ClN4S2. The first-order valence-corrected chi connectivity index (χ1v) is 9.34. The van der Waals surface area contributed by atoms with Crippen molar-refractivity contribution in [2.75, 3.05) is 5.75 Å². The molecule has 3 rings (SSSR count). The maximum atomic E-state index is 6.15. The van der Waals surface area contributed by atoms with E-state index in [2.05, 4.69) is 22.2 Å². The van der Waals surface area contributed by atoms with E-state index < -0.39 is 0 Å². The van der Waals surface area contributed by atoms with Gasteiger partial charge in [-0.3, -0.25) is 0 Å². The van der Waals surface area contributed by atoms with Gasteiger partial charge in [0, 0.05) is 5.02 Å². The molecule has 3 aromatic rings. The lowest BCUT2D eigenvalue weighted by Gasteiger charge is -1.96. The fourth-order valence-electron chi connectivity index (χ4n) is 1.91. The van der Waals surface area contributed by atoms with Gasteiger partial charge in [-0.05, 0) is 29.9 Å². The molecule has 4 nitrogen and oxygen atoms in total. The third-order valence-electron chi connectivity index (χ3n) is 2.96. The summed E-state index contributed by atoms with van der Waals surface area (Å²) in [7, 11) is 0. The van der Waals surface area contributed by atoms with Gasteiger partial charge in [0.25, 0.3) is 0 Å². The van der Waals surface area contributed by atoms with E-state index in [-0.39, 0.29) is 0 Å². The Morgan fingerprint density at radius 3 is 2.95 bits per heavy atom. The van der Waals surface area contributed by atoms with E-state index in [1.807, 2.05) is 52.7 Å². The molecule has 0 fully saturated rings. The van der Waals surface area contributed by atoms with Crippen LogP contribution in [-0.4, -0.2) is 25.6 Å². The summed E-state index contributed by atoms with van der Waals surface area (Å²) in [4.78, 5) is 0.825. The largest absolute Gasteiger partial charge is 0.234 e. The highest BCUT2D eigenvalue weighted by atomic mass is 35.5. The van der Waals surface area contributed by atoms with Gasteiger partial charge in [-0.25, -0.2) is 0 Å². The number of hydrogen-bond acceptors (Lipinski definition) is 5. The van der Waals surface area contributed by atoms with Crippen molar-refractivity contribution in [3.63, 3.8) is 0 Å². The van der Waals surface area contributed by atoms with Crippen LogP contribution in [0.1, 0.15) is 29.7 Å². The Balaban J connectivity index is 1.79. The Labute approximate surface area is 142 Å². The molecule has 0 radical (unpaired) electrons. The highest BCUT2D eigenvalue weighted by Gasteiger charge is 2.10. The summed E-state index contributed by atoms with van der Waals surface area (Å²) in [6, 6.07) is 7.74. The zero-order chi connectivity index (χ0) is 15.4. The van der Waals surface area contributed by atoms with Gasteiger partial charge in [0.1, 0.15) is 5.01 Å². The van der Waals surface area contributed by atoms with Crippen LogP contribution in [0.25, 0.3) is 17.1 Å². The van der Waals surface area contributed by atoms with E-state index in [1.165, 1.54) is 11.3 Å². The molecule has 0 saturated heterocycles. The second-order valence-corrected chi connectivity index (χ2v) is 7.16. The molecular weight excluding hydrogens is 336 g/mol. The maximum Gasteiger partial charge on any atom is 0.234 e. The van der Waals surface area contributed by atoms with Crippen LogP contribution in [0.15, 0.2) is 24.3 Å². The zero-order valence-corrected chi connectivity index (χ0v) is 14.5. The van der Waals surface area contributed by atoms with Crippen LogP contribution < -0.4 is 0 Å². The number of thioether (sulfide) groups is 1. The number of fused-ring (bicyclic) bond motifs is 1. The zero-order valence-electron chi connectivity index (χ0n) is 12.1. The summed E-state index contributed by atoms with van der Waals surface area (Å²) in [6.07, 6.45) is 5.10. The van der Waals surface area contributed by atoms with Crippen LogP contribution >= 0.6 is 34.7 Å². The lowest BCUT2D eigenvalue weighted by molar-refractivity contribution is 0.879. The molecule has 0 aliphatic rings. The maximum absolute atomic E-state index is 6.15. The van der Waals surface area contributed by atoms with Gasteiger partial charge < -0.3 is 0 Å². The smallest absolute Gasteiger partial charge is 0.186 e. The van der Waals surface area contributed by atoms with Gasteiger partial charge in [0.05, 0.1) is 5.75 Å². The van der Waals surface area contributed by atoms with Gasteiger partial charge in [-0.15, -0.1) is 10.2 Å². The summed E-state index contributed by atoms with van der Waals surface area (Å²) >= 11 is 9.52. The van der Waals surface area contributed by atoms with E-state index in [0.717, 1.165) is 44.3 Å². The lowest BCUT2D eigenvalue weighted by Crippen LogP contribution is -1.94. The number of nitrogens with zero attached hydrogens (tertiary/aromatic N) is 4. The number of halogens is 1. The van der Waals surface area contributed by atoms with Crippen LogP contribution in [0.5, 0.6) is 0 Å². The van der Waals surface area contributed by atoms with Gasteiger partial charge in [0.15, 0.2) is 5.82 Å². The molecule has 0 aliphatic carbocycles. The van der Waals surface area contributed by atoms with Gasteiger partial charge in [0.2, 0.25) is 4.96 Å². The Bertz CT molecular complexity index is 794. The quantitative estimate of drug-likeness (QED) is 0.607. The van der Waals surface area contributed by atoms with E-state index in [4.69, 9.17) is 11.6 Å². The Morgan fingerprint density at radius 2 is 2.14 bits per heavy atom. The van der Waals surface area contributed by atoms with E-state index >= 15 is 0 Å². The number of benzene rings is 1. The van der Waals surface area contributed by atoms with Crippen molar-refractivity contribution in [1.82, 2.24) is 19.8 Å². The van der Waals surface area contributed by atoms with E-state index in [1.54, 1.807) is 0 Å². The molecule has 0 spiro atoms. The molecule has 2 heterocycles.